The maximum absolute atomic E-state index is 12.1. The van der Waals surface area contributed by atoms with Gasteiger partial charge in [-0.05, 0) is 38.1 Å². The van der Waals surface area contributed by atoms with Gasteiger partial charge in [-0.25, -0.2) is 4.98 Å². The van der Waals surface area contributed by atoms with E-state index in [1.165, 1.54) is 38.8 Å². The van der Waals surface area contributed by atoms with Crippen molar-refractivity contribution < 1.29 is 4.79 Å². The van der Waals surface area contributed by atoms with E-state index in [0.717, 1.165) is 36.1 Å². The molecule has 1 amide bonds. The van der Waals surface area contributed by atoms with E-state index in [-0.39, 0.29) is 11.8 Å². The van der Waals surface area contributed by atoms with Crippen molar-refractivity contribution in [1.82, 2.24) is 9.88 Å². The number of carbonyl (C=O) groups is 1. The van der Waals surface area contributed by atoms with Gasteiger partial charge in [-0.1, -0.05) is 19.8 Å². The zero-order valence-corrected chi connectivity index (χ0v) is 13.6. The Morgan fingerprint density at radius 3 is 2.95 bits per heavy atom. The molecule has 2 fully saturated rings. The summed E-state index contributed by atoms with van der Waals surface area (Å²) in [7, 11) is 0. The first kappa shape index (κ1) is 15.0. The molecule has 1 aromatic heterocycles. The van der Waals surface area contributed by atoms with Crippen molar-refractivity contribution in [3.63, 3.8) is 0 Å². The molecule has 1 N–H and O–H groups in total. The second-order valence-corrected chi connectivity index (χ2v) is 7.46. The molecule has 0 spiro atoms. The van der Waals surface area contributed by atoms with E-state index in [4.69, 9.17) is 0 Å². The Morgan fingerprint density at radius 2 is 2.19 bits per heavy atom. The minimum absolute atomic E-state index is 0.167. The predicted molar refractivity (Wildman–Crippen MR) is 86.4 cm³/mol. The molecule has 1 saturated carbocycles. The third kappa shape index (κ3) is 4.04. The minimum Gasteiger partial charge on any atom is -0.302 e. The highest BCUT2D eigenvalue weighted by atomic mass is 32.1. The van der Waals surface area contributed by atoms with E-state index in [0.29, 0.717) is 0 Å². The fraction of sp³-hybridized carbons (Fsp3) is 0.750. The van der Waals surface area contributed by atoms with Crippen LogP contribution in [0.1, 0.15) is 51.1 Å². The van der Waals surface area contributed by atoms with Gasteiger partial charge in [0.25, 0.3) is 0 Å². The molecule has 3 rings (SSSR count). The molecule has 1 saturated heterocycles. The second-order valence-electron chi connectivity index (χ2n) is 6.60. The van der Waals surface area contributed by atoms with Gasteiger partial charge in [0.05, 0.1) is 5.69 Å². The lowest BCUT2D eigenvalue weighted by atomic mass is 10.0. The molecule has 5 heteroatoms. The fourth-order valence-corrected chi connectivity index (χ4v) is 4.20. The summed E-state index contributed by atoms with van der Waals surface area (Å²) in [5.74, 6) is 1.17. The monoisotopic (exact) mass is 307 g/mol. The number of carbonyl (C=O) groups excluding carboxylic acids is 1. The number of anilines is 1. The zero-order chi connectivity index (χ0) is 14.7. The topological polar surface area (TPSA) is 45.2 Å². The van der Waals surface area contributed by atoms with Crippen LogP contribution in [0.2, 0.25) is 0 Å². The van der Waals surface area contributed by atoms with Gasteiger partial charge in [0.15, 0.2) is 5.13 Å². The highest BCUT2D eigenvalue weighted by Crippen LogP contribution is 2.27. The molecule has 1 aliphatic heterocycles. The van der Waals surface area contributed by atoms with Crippen LogP contribution < -0.4 is 5.32 Å². The smallest absolute Gasteiger partial charge is 0.229 e. The lowest BCUT2D eigenvalue weighted by Gasteiger charge is -2.30. The number of amides is 1. The third-order valence-corrected chi connectivity index (χ3v) is 5.44. The van der Waals surface area contributed by atoms with Gasteiger partial charge in [0.1, 0.15) is 0 Å². The molecule has 0 aromatic carbocycles. The first-order valence-electron chi connectivity index (χ1n) is 8.18. The molecule has 0 bridgehead atoms. The molecule has 116 valence electrons. The Morgan fingerprint density at radius 1 is 1.38 bits per heavy atom. The highest BCUT2D eigenvalue weighted by molar-refractivity contribution is 7.13. The Balaban J connectivity index is 1.52. The van der Waals surface area contributed by atoms with Crippen molar-refractivity contribution in [3.8, 4) is 0 Å². The van der Waals surface area contributed by atoms with Crippen LogP contribution in [-0.2, 0) is 11.3 Å². The summed E-state index contributed by atoms with van der Waals surface area (Å²) in [5.41, 5.74) is 1.09. The summed E-state index contributed by atoms with van der Waals surface area (Å²) >= 11 is 1.56. The average molecular weight is 307 g/mol. The number of thiazole rings is 1. The van der Waals surface area contributed by atoms with Gasteiger partial charge in [-0.15, -0.1) is 11.3 Å². The third-order valence-electron chi connectivity index (χ3n) is 4.63. The van der Waals surface area contributed by atoms with Crippen LogP contribution >= 0.6 is 11.3 Å². The van der Waals surface area contributed by atoms with Crippen molar-refractivity contribution in [1.29, 1.82) is 0 Å². The number of rotatable bonds is 4. The summed E-state index contributed by atoms with van der Waals surface area (Å²) in [6.45, 7) is 5.58. The maximum Gasteiger partial charge on any atom is 0.229 e. The lowest BCUT2D eigenvalue weighted by molar-refractivity contribution is -0.119. The quantitative estimate of drug-likeness (QED) is 0.926. The lowest BCUT2D eigenvalue weighted by Crippen LogP contribution is -2.33. The second kappa shape index (κ2) is 6.88. The number of nitrogens with zero attached hydrogens (tertiary/aromatic N) is 2. The zero-order valence-electron chi connectivity index (χ0n) is 12.8. The summed E-state index contributed by atoms with van der Waals surface area (Å²) < 4.78 is 0. The Kier molecular flexibility index (Phi) is 4.91. The van der Waals surface area contributed by atoms with Crippen LogP contribution in [0.3, 0.4) is 0 Å². The molecule has 1 unspecified atom stereocenters. The van der Waals surface area contributed by atoms with Gasteiger partial charge in [0, 0.05) is 24.4 Å². The van der Waals surface area contributed by atoms with Crippen LogP contribution in [0.25, 0.3) is 0 Å². The van der Waals surface area contributed by atoms with Gasteiger partial charge in [-0.3, -0.25) is 9.69 Å². The number of likely N-dealkylation sites (tertiary alicyclic amines) is 1. The van der Waals surface area contributed by atoms with E-state index < -0.39 is 0 Å². The minimum atomic E-state index is 0.167. The van der Waals surface area contributed by atoms with E-state index >= 15 is 0 Å². The number of aromatic nitrogens is 1. The molecule has 2 aliphatic rings. The van der Waals surface area contributed by atoms with E-state index in [2.05, 4.69) is 27.5 Å². The first-order chi connectivity index (χ1) is 10.2. The van der Waals surface area contributed by atoms with Crippen molar-refractivity contribution in [2.45, 2.75) is 52.0 Å². The summed E-state index contributed by atoms with van der Waals surface area (Å²) in [4.78, 5) is 19.2. The fourth-order valence-electron chi connectivity index (χ4n) is 3.49. The van der Waals surface area contributed by atoms with Gasteiger partial charge in [0.2, 0.25) is 5.91 Å². The van der Waals surface area contributed by atoms with Crippen LogP contribution in [0.4, 0.5) is 5.13 Å². The van der Waals surface area contributed by atoms with Gasteiger partial charge >= 0.3 is 0 Å². The van der Waals surface area contributed by atoms with Gasteiger partial charge in [-0.2, -0.15) is 0 Å². The van der Waals surface area contributed by atoms with Crippen LogP contribution in [0.15, 0.2) is 5.38 Å². The summed E-state index contributed by atoms with van der Waals surface area (Å²) in [6.07, 6.45) is 7.08. The summed E-state index contributed by atoms with van der Waals surface area (Å²) in [6, 6.07) is 0. The summed E-state index contributed by atoms with van der Waals surface area (Å²) in [5, 5.41) is 5.86. The van der Waals surface area contributed by atoms with Crippen LogP contribution in [-0.4, -0.2) is 28.9 Å². The maximum atomic E-state index is 12.1. The Labute approximate surface area is 130 Å². The molecular formula is C16H25N3OS. The number of nitrogens with one attached hydrogen (secondary N) is 1. The van der Waals surface area contributed by atoms with Crippen LogP contribution in [0, 0.1) is 11.8 Å². The molecule has 21 heavy (non-hydrogen) atoms. The van der Waals surface area contributed by atoms with Gasteiger partial charge < -0.3 is 5.32 Å². The molecule has 1 atom stereocenters. The Bertz CT molecular complexity index is 482. The molecule has 2 heterocycles. The predicted octanol–water partition coefficient (Wildman–Crippen LogP) is 3.50. The molecule has 4 nitrogen and oxygen atoms in total. The number of hydrogen-bond acceptors (Lipinski definition) is 4. The first-order valence-corrected chi connectivity index (χ1v) is 9.06. The highest BCUT2D eigenvalue weighted by Gasteiger charge is 2.23. The van der Waals surface area contributed by atoms with Crippen molar-refractivity contribution in [2.75, 3.05) is 18.4 Å². The van der Waals surface area contributed by atoms with E-state index in [9.17, 15) is 4.79 Å². The van der Waals surface area contributed by atoms with Crippen molar-refractivity contribution in [3.05, 3.63) is 11.1 Å². The van der Waals surface area contributed by atoms with E-state index in [1.807, 2.05) is 0 Å². The van der Waals surface area contributed by atoms with Crippen molar-refractivity contribution >= 4 is 22.4 Å². The molecular weight excluding hydrogens is 282 g/mol. The number of piperidine rings is 1. The normalized spacial score (nSPS) is 24.3. The Hall–Kier alpha value is -0.940. The molecule has 0 radical (unpaired) electrons. The largest absolute Gasteiger partial charge is 0.302 e. The number of hydrogen-bond donors (Lipinski definition) is 1. The molecule has 1 aliphatic carbocycles. The average Bonchev–Trinajstić information content (AvgIpc) is 3.10. The van der Waals surface area contributed by atoms with Crippen molar-refractivity contribution in [2.24, 2.45) is 11.8 Å². The van der Waals surface area contributed by atoms with Crippen LogP contribution in [0.5, 0.6) is 0 Å². The molecule has 1 aromatic rings. The standard InChI is InChI=1S/C16H25N3OS/c1-12-5-4-8-19(9-12)10-14-11-21-16(17-14)18-15(20)13-6-2-3-7-13/h11-13H,2-10H2,1H3,(H,17,18,20). The van der Waals surface area contributed by atoms with E-state index in [1.54, 1.807) is 11.3 Å². The SMILES string of the molecule is CC1CCCN(Cc2csc(NC(=O)C3CCCC3)n2)C1.